The Morgan fingerprint density at radius 2 is 1.74 bits per heavy atom. The lowest BCUT2D eigenvalue weighted by molar-refractivity contribution is -0.274. The van der Waals surface area contributed by atoms with Crippen LogP contribution < -0.4 is 15.4 Å². The molecule has 204 valence electrons. The van der Waals surface area contributed by atoms with Crippen LogP contribution in [0.25, 0.3) is 5.95 Å². The van der Waals surface area contributed by atoms with E-state index in [0.717, 1.165) is 12.1 Å². The highest BCUT2D eigenvalue weighted by molar-refractivity contribution is 7.91. The summed E-state index contributed by atoms with van der Waals surface area (Å²) >= 11 is 5.82. The number of benzene rings is 2. The van der Waals surface area contributed by atoms with E-state index in [1.54, 1.807) is 20.0 Å². The van der Waals surface area contributed by atoms with Crippen LogP contribution in [0.2, 0.25) is 5.02 Å². The molecule has 0 unspecified atom stereocenters. The smallest absolute Gasteiger partial charge is 0.406 e. The number of sulfone groups is 1. The van der Waals surface area contributed by atoms with E-state index in [4.69, 9.17) is 11.6 Å². The molecule has 4 rings (SSSR count). The van der Waals surface area contributed by atoms with Crippen molar-refractivity contribution < 1.29 is 31.1 Å². The first-order valence-corrected chi connectivity index (χ1v) is 12.9. The molecule has 0 spiro atoms. The number of carbonyl (C=O) groups excluding carboxylic acids is 1. The summed E-state index contributed by atoms with van der Waals surface area (Å²) in [5, 5.41) is 9.82. The molecule has 0 aliphatic heterocycles. The van der Waals surface area contributed by atoms with Gasteiger partial charge in [-0.05, 0) is 55.5 Å². The number of rotatable bonds is 8. The van der Waals surface area contributed by atoms with Gasteiger partial charge in [0, 0.05) is 30.0 Å². The van der Waals surface area contributed by atoms with Crippen molar-refractivity contribution in [2.24, 2.45) is 0 Å². The second-order valence-electron chi connectivity index (χ2n) is 7.90. The molecule has 2 aromatic carbocycles. The minimum atomic E-state index is -5.14. The molecule has 16 heteroatoms. The van der Waals surface area contributed by atoms with Gasteiger partial charge in [0.2, 0.25) is 15.8 Å². The Balaban J connectivity index is 1.71. The SMILES string of the molecule is CNc1nc([C@H](C)NC(=O)c2cc(OC(F)(F)F)cc(S(=O)(=O)c3ccc(Cl)cc3)c2)n(-c2ncccn2)n1. The third-order valence-corrected chi connectivity index (χ3v) is 7.14. The van der Waals surface area contributed by atoms with Gasteiger partial charge in [-0.3, -0.25) is 4.79 Å². The van der Waals surface area contributed by atoms with Crippen molar-refractivity contribution in [2.45, 2.75) is 29.1 Å². The van der Waals surface area contributed by atoms with E-state index in [1.807, 2.05) is 0 Å². The highest BCUT2D eigenvalue weighted by Crippen LogP contribution is 2.30. The molecule has 0 saturated carbocycles. The van der Waals surface area contributed by atoms with E-state index >= 15 is 0 Å². The summed E-state index contributed by atoms with van der Waals surface area (Å²) in [6.45, 7) is 1.54. The Labute approximate surface area is 224 Å². The number of halogens is 4. The van der Waals surface area contributed by atoms with Crippen LogP contribution in [-0.4, -0.2) is 52.5 Å². The van der Waals surface area contributed by atoms with Crippen LogP contribution in [0.15, 0.2) is 70.7 Å². The maximum atomic E-state index is 13.2. The van der Waals surface area contributed by atoms with Gasteiger partial charge in [0.25, 0.3) is 11.9 Å². The number of hydrogen-bond donors (Lipinski definition) is 2. The summed E-state index contributed by atoms with van der Waals surface area (Å²) in [6, 6.07) is 8.12. The van der Waals surface area contributed by atoms with E-state index in [2.05, 4.69) is 35.4 Å². The van der Waals surface area contributed by atoms with Crippen LogP contribution >= 0.6 is 11.6 Å². The average molecular weight is 582 g/mol. The first-order valence-electron chi connectivity index (χ1n) is 11.0. The van der Waals surface area contributed by atoms with E-state index < -0.39 is 44.4 Å². The fraction of sp³-hybridized carbons (Fsp3) is 0.174. The second-order valence-corrected chi connectivity index (χ2v) is 10.3. The third kappa shape index (κ3) is 6.43. The zero-order valence-corrected chi connectivity index (χ0v) is 21.7. The average Bonchev–Trinajstić information content (AvgIpc) is 3.33. The number of anilines is 1. The molecule has 1 amide bonds. The van der Waals surface area contributed by atoms with Crippen LogP contribution in [0.4, 0.5) is 19.1 Å². The van der Waals surface area contributed by atoms with E-state index in [0.29, 0.717) is 6.07 Å². The molecule has 11 nitrogen and oxygen atoms in total. The summed E-state index contributed by atoms with van der Waals surface area (Å²) < 4.78 is 70.6. The first kappa shape index (κ1) is 27.8. The van der Waals surface area contributed by atoms with E-state index in [1.165, 1.54) is 41.3 Å². The Morgan fingerprint density at radius 1 is 1.08 bits per heavy atom. The number of hydrogen-bond acceptors (Lipinski definition) is 9. The van der Waals surface area contributed by atoms with Crippen molar-refractivity contribution in [3.05, 3.63) is 77.3 Å². The highest BCUT2D eigenvalue weighted by Gasteiger charge is 2.33. The van der Waals surface area contributed by atoms with Gasteiger partial charge in [-0.1, -0.05) is 11.6 Å². The molecule has 0 saturated heterocycles. The van der Waals surface area contributed by atoms with Crippen molar-refractivity contribution in [3.63, 3.8) is 0 Å². The molecular formula is C23H19ClF3N7O4S. The maximum Gasteiger partial charge on any atom is 0.573 e. The van der Waals surface area contributed by atoms with E-state index in [-0.39, 0.29) is 27.6 Å². The Hall–Kier alpha value is -4.24. The zero-order chi connectivity index (χ0) is 28.4. The number of aromatic nitrogens is 5. The zero-order valence-electron chi connectivity index (χ0n) is 20.1. The monoisotopic (exact) mass is 581 g/mol. The Bertz CT molecular complexity index is 1600. The Kier molecular flexibility index (Phi) is 7.74. The minimum Gasteiger partial charge on any atom is -0.406 e. The summed E-state index contributed by atoms with van der Waals surface area (Å²) in [4.78, 5) is 24.8. The topological polar surface area (TPSA) is 141 Å². The molecule has 0 radical (unpaired) electrons. The van der Waals surface area contributed by atoms with Crippen molar-refractivity contribution >= 4 is 33.3 Å². The summed E-state index contributed by atoms with van der Waals surface area (Å²) in [5.41, 5.74) is -0.410. The molecule has 2 heterocycles. The predicted molar refractivity (Wildman–Crippen MR) is 132 cm³/mol. The van der Waals surface area contributed by atoms with Crippen LogP contribution in [0, 0.1) is 0 Å². The fourth-order valence-electron chi connectivity index (χ4n) is 3.40. The molecule has 4 aromatic rings. The first-order chi connectivity index (χ1) is 18.4. The van der Waals surface area contributed by atoms with Gasteiger partial charge in [-0.2, -0.15) is 9.67 Å². The largest absolute Gasteiger partial charge is 0.573 e. The normalized spacial score (nSPS) is 12.6. The quantitative estimate of drug-likeness (QED) is 0.316. The van der Waals surface area contributed by atoms with Gasteiger partial charge >= 0.3 is 6.36 Å². The highest BCUT2D eigenvalue weighted by atomic mass is 35.5. The predicted octanol–water partition coefficient (Wildman–Crippen LogP) is 3.97. The summed E-state index contributed by atoms with van der Waals surface area (Å²) in [5.74, 6) is -1.27. The maximum absolute atomic E-state index is 13.2. The lowest BCUT2D eigenvalue weighted by Gasteiger charge is -2.16. The van der Waals surface area contributed by atoms with Gasteiger partial charge in [0.1, 0.15) is 5.75 Å². The van der Waals surface area contributed by atoms with Crippen molar-refractivity contribution in [3.8, 4) is 11.7 Å². The Morgan fingerprint density at radius 3 is 2.36 bits per heavy atom. The van der Waals surface area contributed by atoms with Gasteiger partial charge in [0.05, 0.1) is 15.8 Å². The van der Waals surface area contributed by atoms with Crippen LogP contribution in [0.5, 0.6) is 5.75 Å². The number of nitrogens with zero attached hydrogens (tertiary/aromatic N) is 5. The fourth-order valence-corrected chi connectivity index (χ4v) is 4.85. The van der Waals surface area contributed by atoms with Gasteiger partial charge in [-0.15, -0.1) is 18.3 Å². The van der Waals surface area contributed by atoms with Gasteiger partial charge in [0.15, 0.2) is 5.82 Å². The molecule has 0 aliphatic carbocycles. The van der Waals surface area contributed by atoms with Gasteiger partial charge < -0.3 is 15.4 Å². The number of amides is 1. The number of alkyl halides is 3. The van der Waals surface area contributed by atoms with Gasteiger partial charge in [-0.25, -0.2) is 18.4 Å². The lowest BCUT2D eigenvalue weighted by Crippen LogP contribution is -2.29. The third-order valence-electron chi connectivity index (χ3n) is 5.14. The lowest BCUT2D eigenvalue weighted by atomic mass is 10.2. The number of ether oxygens (including phenoxy) is 1. The number of nitrogens with one attached hydrogen (secondary N) is 2. The van der Waals surface area contributed by atoms with E-state index in [9.17, 15) is 26.4 Å². The molecule has 0 aliphatic rings. The molecule has 1 atom stereocenters. The van der Waals surface area contributed by atoms with Crippen LogP contribution in [0.3, 0.4) is 0 Å². The van der Waals surface area contributed by atoms with Crippen molar-refractivity contribution in [1.29, 1.82) is 0 Å². The van der Waals surface area contributed by atoms with Crippen LogP contribution in [-0.2, 0) is 9.84 Å². The van der Waals surface area contributed by atoms with Crippen LogP contribution in [0.1, 0.15) is 29.1 Å². The van der Waals surface area contributed by atoms with Crippen molar-refractivity contribution in [1.82, 2.24) is 30.0 Å². The standard InChI is InChI=1S/C23H19ClF3N7O4S/c1-13(19-32-21(28-2)33-34(19)22-29-8-3-9-30-22)31-20(35)14-10-16(38-23(25,26)27)12-18(11-14)39(36,37)17-6-4-15(24)5-7-17/h3-13H,1-2H3,(H,28,33)(H,31,35)/t13-/m0/s1. The molecular weight excluding hydrogens is 563 g/mol. The summed E-state index contributed by atoms with van der Waals surface area (Å²) in [6.07, 6.45) is -2.19. The molecule has 2 N–H and O–H groups in total. The minimum absolute atomic E-state index is 0.152. The molecule has 0 bridgehead atoms. The molecule has 0 fully saturated rings. The van der Waals surface area contributed by atoms with Crippen molar-refractivity contribution in [2.75, 3.05) is 12.4 Å². The number of carbonyl (C=O) groups is 1. The molecule has 2 aromatic heterocycles. The molecule has 39 heavy (non-hydrogen) atoms. The second kappa shape index (κ2) is 10.9. The summed E-state index contributed by atoms with van der Waals surface area (Å²) in [7, 11) is -2.77.